The fraction of sp³-hybridized carbons (Fsp3) is 0.500. The van der Waals surface area contributed by atoms with Crippen molar-refractivity contribution in [3.63, 3.8) is 0 Å². The van der Waals surface area contributed by atoms with Crippen molar-refractivity contribution in [2.45, 2.75) is 57.5 Å². The Balaban J connectivity index is 1.47. The molecule has 4 rings (SSSR count). The maximum absolute atomic E-state index is 15.0. The number of anilines is 2. The summed E-state index contributed by atoms with van der Waals surface area (Å²) in [5, 5.41) is 17.5. The molecule has 12 heteroatoms. The van der Waals surface area contributed by atoms with Gasteiger partial charge in [0.05, 0.1) is 18.5 Å². The van der Waals surface area contributed by atoms with Crippen molar-refractivity contribution in [1.82, 2.24) is 30.1 Å². The van der Waals surface area contributed by atoms with Crippen molar-refractivity contribution in [3.05, 3.63) is 34.9 Å². The fourth-order valence-corrected chi connectivity index (χ4v) is 3.99. The zero-order valence-corrected chi connectivity index (χ0v) is 18.7. The van der Waals surface area contributed by atoms with Crippen molar-refractivity contribution in [1.29, 1.82) is 0 Å². The van der Waals surface area contributed by atoms with Crippen molar-refractivity contribution in [2.75, 3.05) is 12.4 Å². The Hall–Kier alpha value is -2.92. The van der Waals surface area contributed by atoms with Crippen molar-refractivity contribution in [2.24, 2.45) is 0 Å². The lowest BCUT2D eigenvalue weighted by Crippen LogP contribution is -2.36. The van der Waals surface area contributed by atoms with E-state index in [0.717, 1.165) is 5.69 Å². The standard InChI is InChI=1S/C20H25ClFN7O3/c1-10(2)23-20(30)32-15-5-4-12(18(15)22)13-7-17(27-26-13)25-19-14-6-11(9-31-3)28-29(14)8-16(21)24-19/h6-8,10,12,15,18H,4-5,9H2,1-3H3,(H,23,30)(H2,24,25,26,27)/t12-,15-,18-/m0/s1. The van der Waals surface area contributed by atoms with Crippen LogP contribution in [0.5, 0.6) is 0 Å². The number of carbonyl (C=O) groups is 1. The fourth-order valence-electron chi connectivity index (χ4n) is 3.82. The lowest BCUT2D eigenvalue weighted by molar-refractivity contribution is 0.0555. The minimum Gasteiger partial charge on any atom is -0.443 e. The van der Waals surface area contributed by atoms with Gasteiger partial charge in [0.1, 0.15) is 22.9 Å². The lowest BCUT2D eigenvalue weighted by Gasteiger charge is -2.18. The number of nitrogens with one attached hydrogen (secondary N) is 3. The number of aromatic amines is 1. The van der Waals surface area contributed by atoms with Crippen LogP contribution in [0.2, 0.25) is 5.15 Å². The molecule has 0 unspecified atom stereocenters. The summed E-state index contributed by atoms with van der Waals surface area (Å²) in [6, 6.07) is 3.48. The SMILES string of the molecule is COCc1cc2c(Nc3cc([C@@H]4CC[C@H](OC(=O)NC(C)C)[C@H]4F)[nH]n3)nc(Cl)cn2n1. The summed E-state index contributed by atoms with van der Waals surface area (Å²) >= 11 is 6.13. The number of rotatable bonds is 7. The van der Waals surface area contributed by atoms with E-state index < -0.39 is 24.3 Å². The van der Waals surface area contributed by atoms with Crippen LogP contribution >= 0.6 is 11.6 Å². The van der Waals surface area contributed by atoms with Gasteiger partial charge in [-0.25, -0.2) is 18.7 Å². The molecular weight excluding hydrogens is 441 g/mol. The second kappa shape index (κ2) is 9.29. The third-order valence-corrected chi connectivity index (χ3v) is 5.36. The van der Waals surface area contributed by atoms with Crippen LogP contribution in [0.25, 0.3) is 5.52 Å². The molecule has 1 fully saturated rings. The van der Waals surface area contributed by atoms with Crippen molar-refractivity contribution >= 4 is 34.8 Å². The smallest absolute Gasteiger partial charge is 0.407 e. The number of carbonyl (C=O) groups excluding carboxylic acids is 1. The number of H-pyrrole nitrogens is 1. The lowest BCUT2D eigenvalue weighted by atomic mass is 10.0. The predicted molar refractivity (Wildman–Crippen MR) is 116 cm³/mol. The molecule has 3 atom stereocenters. The molecule has 0 saturated heterocycles. The first-order valence-electron chi connectivity index (χ1n) is 10.3. The van der Waals surface area contributed by atoms with Gasteiger partial charge >= 0.3 is 6.09 Å². The van der Waals surface area contributed by atoms with Crippen LogP contribution in [-0.2, 0) is 16.1 Å². The molecule has 32 heavy (non-hydrogen) atoms. The molecule has 0 radical (unpaired) electrons. The number of alkyl halides is 1. The van der Waals surface area contributed by atoms with E-state index in [1.807, 2.05) is 19.9 Å². The van der Waals surface area contributed by atoms with E-state index in [4.69, 9.17) is 21.1 Å². The number of amides is 1. The Morgan fingerprint density at radius 3 is 2.97 bits per heavy atom. The van der Waals surface area contributed by atoms with Crippen LogP contribution in [-0.4, -0.2) is 56.3 Å². The number of fused-ring (bicyclic) bond motifs is 1. The van der Waals surface area contributed by atoms with Gasteiger partial charge in [-0.1, -0.05) is 11.6 Å². The van der Waals surface area contributed by atoms with Gasteiger partial charge in [-0.15, -0.1) is 0 Å². The Kier molecular flexibility index (Phi) is 6.47. The van der Waals surface area contributed by atoms with Crippen LogP contribution < -0.4 is 10.6 Å². The molecule has 1 saturated carbocycles. The summed E-state index contributed by atoms with van der Waals surface area (Å²) in [6.45, 7) is 3.98. The highest BCUT2D eigenvalue weighted by molar-refractivity contribution is 6.29. The second-order valence-corrected chi connectivity index (χ2v) is 8.40. The average molecular weight is 466 g/mol. The maximum Gasteiger partial charge on any atom is 0.407 e. The predicted octanol–water partition coefficient (Wildman–Crippen LogP) is 3.71. The molecule has 172 valence electrons. The van der Waals surface area contributed by atoms with E-state index >= 15 is 0 Å². The maximum atomic E-state index is 15.0. The quantitative estimate of drug-likeness (QED) is 0.486. The van der Waals surface area contributed by atoms with E-state index in [1.54, 1.807) is 23.9 Å². The van der Waals surface area contributed by atoms with Crippen LogP contribution in [0.1, 0.15) is 44.0 Å². The monoisotopic (exact) mass is 465 g/mol. The number of methoxy groups -OCH3 is 1. The normalized spacial score (nSPS) is 20.8. The molecule has 0 aromatic carbocycles. The number of nitrogens with zero attached hydrogens (tertiary/aromatic N) is 4. The first kappa shape index (κ1) is 22.3. The van der Waals surface area contributed by atoms with Crippen LogP contribution in [0.3, 0.4) is 0 Å². The number of ether oxygens (including phenoxy) is 2. The van der Waals surface area contributed by atoms with Crippen LogP contribution in [0.4, 0.5) is 20.8 Å². The van der Waals surface area contributed by atoms with Crippen LogP contribution in [0, 0.1) is 0 Å². The van der Waals surface area contributed by atoms with Crippen molar-refractivity contribution < 1.29 is 18.7 Å². The summed E-state index contributed by atoms with van der Waals surface area (Å²) in [4.78, 5) is 16.1. The third kappa shape index (κ3) is 4.78. The summed E-state index contributed by atoms with van der Waals surface area (Å²) in [5.41, 5.74) is 2.03. The first-order valence-corrected chi connectivity index (χ1v) is 10.7. The minimum atomic E-state index is -1.33. The van der Waals surface area contributed by atoms with Gasteiger partial charge in [-0.3, -0.25) is 5.10 Å². The Labute approximate surface area is 188 Å². The Bertz CT molecular complexity index is 1100. The van der Waals surface area contributed by atoms with E-state index in [-0.39, 0.29) is 11.2 Å². The Morgan fingerprint density at radius 2 is 2.22 bits per heavy atom. The molecule has 3 N–H and O–H groups in total. The van der Waals surface area contributed by atoms with E-state index in [1.165, 1.54) is 0 Å². The molecule has 1 aliphatic rings. The van der Waals surface area contributed by atoms with Gasteiger partial charge in [0.15, 0.2) is 11.6 Å². The van der Waals surface area contributed by atoms with Crippen LogP contribution in [0.15, 0.2) is 18.3 Å². The molecule has 3 heterocycles. The largest absolute Gasteiger partial charge is 0.443 e. The number of halogens is 2. The van der Waals surface area contributed by atoms with Crippen molar-refractivity contribution in [3.8, 4) is 0 Å². The zero-order valence-electron chi connectivity index (χ0n) is 17.9. The number of hydrogen-bond acceptors (Lipinski definition) is 7. The number of alkyl carbamates (subject to hydrolysis) is 1. The molecule has 0 spiro atoms. The summed E-state index contributed by atoms with van der Waals surface area (Å²) in [5.74, 6) is 0.464. The van der Waals surface area contributed by atoms with Gasteiger partial charge < -0.3 is 20.1 Å². The number of aromatic nitrogens is 5. The van der Waals surface area contributed by atoms with E-state index in [0.29, 0.717) is 42.3 Å². The number of hydrogen-bond donors (Lipinski definition) is 3. The van der Waals surface area contributed by atoms with Gasteiger partial charge in [0.2, 0.25) is 0 Å². The first-order chi connectivity index (χ1) is 15.3. The molecule has 1 aliphatic carbocycles. The van der Waals surface area contributed by atoms with Gasteiger partial charge in [-0.2, -0.15) is 10.2 Å². The zero-order chi connectivity index (χ0) is 22.8. The topological polar surface area (TPSA) is 118 Å². The van der Waals surface area contributed by atoms with E-state index in [9.17, 15) is 9.18 Å². The Morgan fingerprint density at radius 1 is 1.41 bits per heavy atom. The van der Waals surface area contributed by atoms with Gasteiger partial charge in [-0.05, 0) is 32.8 Å². The van der Waals surface area contributed by atoms with Gasteiger partial charge in [0, 0.05) is 30.8 Å². The summed E-state index contributed by atoms with van der Waals surface area (Å²) in [7, 11) is 1.59. The molecule has 0 aliphatic heterocycles. The molecular formula is C20H25ClFN7O3. The molecule has 3 aromatic rings. The van der Waals surface area contributed by atoms with Gasteiger partial charge in [0.25, 0.3) is 0 Å². The highest BCUT2D eigenvalue weighted by atomic mass is 35.5. The summed E-state index contributed by atoms with van der Waals surface area (Å²) in [6.07, 6.45) is -0.162. The third-order valence-electron chi connectivity index (χ3n) is 5.18. The average Bonchev–Trinajstić information content (AvgIpc) is 3.41. The second-order valence-electron chi connectivity index (χ2n) is 8.02. The highest BCUT2D eigenvalue weighted by Crippen LogP contribution is 2.38. The summed E-state index contributed by atoms with van der Waals surface area (Å²) < 4.78 is 27.0. The molecule has 0 bridgehead atoms. The molecule has 1 amide bonds. The minimum absolute atomic E-state index is 0.0769. The highest BCUT2D eigenvalue weighted by Gasteiger charge is 2.40. The molecule has 10 nitrogen and oxygen atoms in total. The molecule has 3 aromatic heterocycles. The van der Waals surface area contributed by atoms with E-state index in [2.05, 4.69) is 30.9 Å².